The summed E-state index contributed by atoms with van der Waals surface area (Å²) in [6.07, 6.45) is 1.56. The van der Waals surface area contributed by atoms with Gasteiger partial charge in [0.2, 0.25) is 0 Å². The van der Waals surface area contributed by atoms with Crippen molar-refractivity contribution in [2.75, 3.05) is 6.54 Å². The molecule has 0 bridgehead atoms. The molecular weight excluding hydrogens is 263 g/mol. The minimum absolute atomic E-state index is 0.0248. The lowest BCUT2D eigenvalue weighted by atomic mass is 9.72. The van der Waals surface area contributed by atoms with Gasteiger partial charge in [0.05, 0.1) is 5.92 Å². The van der Waals surface area contributed by atoms with Crippen LogP contribution in [0, 0.1) is 17.8 Å². The smallest absolute Gasteiger partial charge is 0.314 e. The number of alkyl halides is 3. The van der Waals surface area contributed by atoms with Gasteiger partial charge in [-0.1, -0.05) is 40.0 Å². The Morgan fingerprint density at radius 1 is 1.15 bits per heavy atom. The molecule has 1 fully saturated rings. The molecule has 1 saturated carbocycles. The van der Waals surface area contributed by atoms with Crippen molar-refractivity contribution in [3.63, 3.8) is 0 Å². The van der Waals surface area contributed by atoms with Crippen molar-refractivity contribution in [3.8, 4) is 0 Å². The van der Waals surface area contributed by atoms with E-state index in [4.69, 9.17) is 0 Å². The third-order valence-corrected chi connectivity index (χ3v) is 4.77. The summed E-state index contributed by atoms with van der Waals surface area (Å²) in [5.41, 5.74) is 0. The van der Waals surface area contributed by atoms with Crippen LogP contribution in [0.4, 0.5) is 13.2 Å². The molecule has 4 unspecified atom stereocenters. The van der Waals surface area contributed by atoms with Gasteiger partial charge < -0.3 is 5.32 Å². The molecule has 1 aliphatic rings. The molecule has 4 heteroatoms. The van der Waals surface area contributed by atoms with Crippen LogP contribution in [0.2, 0.25) is 0 Å². The molecule has 120 valence electrons. The molecule has 20 heavy (non-hydrogen) atoms. The number of nitrogens with one attached hydrogen (secondary N) is 1. The molecule has 0 amide bonds. The van der Waals surface area contributed by atoms with Gasteiger partial charge in [0.15, 0.2) is 0 Å². The van der Waals surface area contributed by atoms with Crippen LogP contribution in [0.25, 0.3) is 0 Å². The van der Waals surface area contributed by atoms with Gasteiger partial charge in [-0.2, -0.15) is 13.2 Å². The molecule has 0 saturated heterocycles. The highest BCUT2D eigenvalue weighted by Crippen LogP contribution is 2.43. The summed E-state index contributed by atoms with van der Waals surface area (Å²) >= 11 is 0. The van der Waals surface area contributed by atoms with Crippen LogP contribution < -0.4 is 5.32 Å². The average Bonchev–Trinajstić information content (AvgIpc) is 2.42. The predicted molar refractivity (Wildman–Crippen MR) is 77.7 cm³/mol. The number of rotatable bonds is 7. The Balaban J connectivity index is 2.78. The maximum atomic E-state index is 13.3. The van der Waals surface area contributed by atoms with Gasteiger partial charge in [0.25, 0.3) is 0 Å². The standard InChI is InChI=1S/C16H30F3N/c1-4-10-20-15(11-12(3)5-2)13-8-6-7-9-14(13)16(17,18)19/h12-15,20H,4-11H2,1-3H3. The Hall–Kier alpha value is -0.250. The lowest BCUT2D eigenvalue weighted by molar-refractivity contribution is -0.199. The van der Waals surface area contributed by atoms with E-state index < -0.39 is 12.1 Å². The van der Waals surface area contributed by atoms with Crippen molar-refractivity contribution in [2.45, 2.75) is 77.9 Å². The maximum Gasteiger partial charge on any atom is 0.392 e. The fourth-order valence-corrected chi connectivity index (χ4v) is 3.39. The molecular formula is C16H30F3N. The van der Waals surface area contributed by atoms with Crippen LogP contribution in [0.1, 0.15) is 65.7 Å². The highest BCUT2D eigenvalue weighted by atomic mass is 19.4. The fraction of sp³-hybridized carbons (Fsp3) is 1.00. The first-order valence-electron chi connectivity index (χ1n) is 8.20. The van der Waals surface area contributed by atoms with Gasteiger partial charge in [-0.3, -0.25) is 0 Å². The molecule has 1 N–H and O–H groups in total. The van der Waals surface area contributed by atoms with Gasteiger partial charge in [0, 0.05) is 6.04 Å². The molecule has 1 aliphatic carbocycles. The minimum atomic E-state index is -4.04. The lowest BCUT2D eigenvalue weighted by Gasteiger charge is -2.39. The maximum absolute atomic E-state index is 13.3. The van der Waals surface area contributed by atoms with E-state index >= 15 is 0 Å². The Bertz CT molecular complexity index is 265. The Morgan fingerprint density at radius 2 is 1.80 bits per heavy atom. The largest absolute Gasteiger partial charge is 0.392 e. The molecule has 0 radical (unpaired) electrons. The summed E-state index contributed by atoms with van der Waals surface area (Å²) in [6.45, 7) is 7.15. The second-order valence-electron chi connectivity index (χ2n) is 6.41. The first kappa shape index (κ1) is 17.8. The molecule has 0 aliphatic heterocycles. The van der Waals surface area contributed by atoms with Gasteiger partial charge in [0.1, 0.15) is 0 Å². The van der Waals surface area contributed by atoms with Gasteiger partial charge >= 0.3 is 6.18 Å². The van der Waals surface area contributed by atoms with Gasteiger partial charge in [-0.05, 0) is 44.1 Å². The van der Waals surface area contributed by atoms with Crippen LogP contribution in [-0.2, 0) is 0 Å². The van der Waals surface area contributed by atoms with Crippen LogP contribution >= 0.6 is 0 Å². The average molecular weight is 293 g/mol. The summed E-state index contributed by atoms with van der Waals surface area (Å²) in [5.74, 6) is -0.848. The van der Waals surface area contributed by atoms with E-state index in [1.807, 2.05) is 0 Å². The van der Waals surface area contributed by atoms with E-state index in [1.54, 1.807) is 0 Å². The summed E-state index contributed by atoms with van der Waals surface area (Å²) in [7, 11) is 0. The quantitative estimate of drug-likeness (QED) is 0.683. The van der Waals surface area contributed by atoms with E-state index in [-0.39, 0.29) is 12.0 Å². The van der Waals surface area contributed by atoms with Crippen molar-refractivity contribution in [2.24, 2.45) is 17.8 Å². The number of hydrogen-bond acceptors (Lipinski definition) is 1. The molecule has 0 spiro atoms. The fourth-order valence-electron chi connectivity index (χ4n) is 3.39. The Labute approximate surface area is 121 Å². The number of hydrogen-bond donors (Lipinski definition) is 1. The molecule has 0 aromatic heterocycles. The highest BCUT2D eigenvalue weighted by molar-refractivity contribution is 4.89. The number of halogens is 3. The van der Waals surface area contributed by atoms with Gasteiger partial charge in [-0.25, -0.2) is 0 Å². The summed E-state index contributed by atoms with van der Waals surface area (Å²) in [5, 5.41) is 3.41. The van der Waals surface area contributed by atoms with Gasteiger partial charge in [-0.15, -0.1) is 0 Å². The lowest BCUT2D eigenvalue weighted by Crippen LogP contribution is -2.46. The van der Waals surface area contributed by atoms with Crippen LogP contribution in [0.15, 0.2) is 0 Å². The Morgan fingerprint density at radius 3 is 2.35 bits per heavy atom. The zero-order chi connectivity index (χ0) is 15.2. The van der Waals surface area contributed by atoms with E-state index in [0.29, 0.717) is 12.3 Å². The first-order valence-corrected chi connectivity index (χ1v) is 8.20. The highest BCUT2D eigenvalue weighted by Gasteiger charge is 2.47. The summed E-state index contributed by atoms with van der Waals surface area (Å²) in [6, 6.07) is 0.0248. The summed E-state index contributed by atoms with van der Waals surface area (Å²) < 4.78 is 39.8. The van der Waals surface area contributed by atoms with Crippen molar-refractivity contribution in [1.82, 2.24) is 5.32 Å². The topological polar surface area (TPSA) is 12.0 Å². The molecule has 1 nitrogen and oxygen atoms in total. The van der Waals surface area contributed by atoms with E-state index in [0.717, 1.165) is 45.1 Å². The van der Waals surface area contributed by atoms with E-state index in [1.165, 1.54) is 0 Å². The van der Waals surface area contributed by atoms with Crippen LogP contribution in [0.3, 0.4) is 0 Å². The zero-order valence-electron chi connectivity index (χ0n) is 13.1. The zero-order valence-corrected chi connectivity index (χ0v) is 13.1. The van der Waals surface area contributed by atoms with Crippen molar-refractivity contribution in [1.29, 1.82) is 0 Å². The SMILES string of the molecule is CCCNC(CC(C)CC)C1CCCCC1C(F)(F)F. The second kappa shape index (κ2) is 8.26. The van der Waals surface area contributed by atoms with Crippen molar-refractivity contribution >= 4 is 0 Å². The predicted octanol–water partition coefficient (Wildman–Crippen LogP) is 5.16. The first-order chi connectivity index (χ1) is 9.40. The molecule has 4 atom stereocenters. The van der Waals surface area contributed by atoms with E-state index in [9.17, 15) is 13.2 Å². The third-order valence-electron chi connectivity index (χ3n) is 4.77. The molecule has 0 aromatic carbocycles. The Kier molecular flexibility index (Phi) is 7.35. The summed E-state index contributed by atoms with van der Waals surface area (Å²) in [4.78, 5) is 0. The van der Waals surface area contributed by atoms with Crippen molar-refractivity contribution in [3.05, 3.63) is 0 Å². The van der Waals surface area contributed by atoms with Crippen LogP contribution in [-0.4, -0.2) is 18.8 Å². The van der Waals surface area contributed by atoms with Crippen molar-refractivity contribution < 1.29 is 13.2 Å². The normalized spacial score (nSPS) is 27.3. The monoisotopic (exact) mass is 293 g/mol. The van der Waals surface area contributed by atoms with E-state index in [2.05, 4.69) is 26.1 Å². The molecule has 0 aromatic rings. The third kappa shape index (κ3) is 5.27. The minimum Gasteiger partial charge on any atom is -0.314 e. The molecule has 1 rings (SSSR count). The molecule has 0 heterocycles. The van der Waals surface area contributed by atoms with Crippen LogP contribution in [0.5, 0.6) is 0 Å². The second-order valence-corrected chi connectivity index (χ2v) is 6.41.